The first kappa shape index (κ1) is 17.0. The third kappa shape index (κ3) is 5.75. The van der Waals surface area contributed by atoms with Gasteiger partial charge in [0.1, 0.15) is 5.82 Å². The molecule has 0 unspecified atom stereocenters. The summed E-state index contributed by atoms with van der Waals surface area (Å²) in [7, 11) is 0. The molecule has 2 amide bonds. The zero-order chi connectivity index (χ0) is 16.7. The van der Waals surface area contributed by atoms with Crippen molar-refractivity contribution in [3.8, 4) is 0 Å². The zero-order valence-corrected chi connectivity index (χ0v) is 13.5. The Morgan fingerprint density at radius 2 is 1.74 bits per heavy atom. The summed E-state index contributed by atoms with van der Waals surface area (Å²) in [4.78, 5) is 23.5. The number of hydrogen-bond donors (Lipinski definition) is 2. The van der Waals surface area contributed by atoms with E-state index in [4.69, 9.17) is 0 Å². The third-order valence-electron chi connectivity index (χ3n) is 2.89. The van der Waals surface area contributed by atoms with Gasteiger partial charge in [0.2, 0.25) is 11.8 Å². The maximum Gasteiger partial charge on any atom is 0.225 e. The molecule has 0 aliphatic carbocycles. The summed E-state index contributed by atoms with van der Waals surface area (Å²) in [5, 5.41) is 5.41. The Morgan fingerprint density at radius 3 is 2.43 bits per heavy atom. The lowest BCUT2D eigenvalue weighted by atomic mass is 10.2. The predicted molar refractivity (Wildman–Crippen MR) is 91.1 cm³/mol. The molecule has 0 atom stereocenters. The van der Waals surface area contributed by atoms with Crippen LogP contribution < -0.4 is 10.6 Å². The van der Waals surface area contributed by atoms with E-state index < -0.39 is 0 Å². The number of carbonyl (C=O) groups is 2. The number of anilines is 2. The Kier molecular flexibility index (Phi) is 6.17. The van der Waals surface area contributed by atoms with Crippen LogP contribution in [0.15, 0.2) is 53.4 Å². The van der Waals surface area contributed by atoms with Gasteiger partial charge >= 0.3 is 0 Å². The van der Waals surface area contributed by atoms with Crippen molar-refractivity contribution < 1.29 is 14.0 Å². The Hall–Kier alpha value is -2.34. The summed E-state index contributed by atoms with van der Waals surface area (Å²) in [6, 6.07) is 13.4. The number of thioether (sulfide) groups is 1. The highest BCUT2D eigenvalue weighted by Crippen LogP contribution is 2.22. The molecule has 120 valence electrons. The predicted octanol–water partition coefficient (Wildman–Crippen LogP) is 3.91. The van der Waals surface area contributed by atoms with Gasteiger partial charge < -0.3 is 10.6 Å². The second-order valence-corrected chi connectivity index (χ2v) is 5.98. The number of amides is 2. The van der Waals surface area contributed by atoms with Crippen molar-refractivity contribution in [3.05, 3.63) is 54.3 Å². The van der Waals surface area contributed by atoms with Crippen molar-refractivity contribution in [2.45, 2.75) is 18.2 Å². The summed E-state index contributed by atoms with van der Waals surface area (Å²) in [6.45, 7) is 1.42. The molecule has 4 nitrogen and oxygen atoms in total. The summed E-state index contributed by atoms with van der Waals surface area (Å²) < 4.78 is 13.5. The minimum atomic E-state index is -0.277. The molecule has 0 spiro atoms. The molecule has 0 radical (unpaired) electrons. The SMILES string of the molecule is CC(=O)Nc1cccc(NC(=O)CCSc2ccccc2F)c1. The largest absolute Gasteiger partial charge is 0.326 e. The zero-order valence-electron chi connectivity index (χ0n) is 12.6. The summed E-state index contributed by atoms with van der Waals surface area (Å²) in [5.74, 6) is -0.123. The number of hydrogen-bond acceptors (Lipinski definition) is 3. The van der Waals surface area contributed by atoms with Crippen LogP contribution in [0.25, 0.3) is 0 Å². The minimum absolute atomic E-state index is 0.159. The Labute approximate surface area is 138 Å². The second-order valence-electron chi connectivity index (χ2n) is 4.84. The molecule has 2 rings (SSSR count). The van der Waals surface area contributed by atoms with Gasteiger partial charge in [0.15, 0.2) is 0 Å². The molecule has 0 aromatic heterocycles. The van der Waals surface area contributed by atoms with Crippen LogP contribution in [0.3, 0.4) is 0 Å². The van der Waals surface area contributed by atoms with Crippen LogP contribution in [0.2, 0.25) is 0 Å². The van der Waals surface area contributed by atoms with Gasteiger partial charge in [-0.2, -0.15) is 0 Å². The first-order valence-electron chi connectivity index (χ1n) is 7.09. The van der Waals surface area contributed by atoms with Crippen molar-refractivity contribution >= 4 is 35.0 Å². The van der Waals surface area contributed by atoms with Gasteiger partial charge in [-0.1, -0.05) is 18.2 Å². The maximum absolute atomic E-state index is 13.5. The highest BCUT2D eigenvalue weighted by atomic mass is 32.2. The molecule has 6 heteroatoms. The molecule has 0 bridgehead atoms. The molecule has 0 saturated carbocycles. The van der Waals surface area contributed by atoms with Gasteiger partial charge in [-0.15, -0.1) is 11.8 Å². The van der Waals surface area contributed by atoms with Crippen LogP contribution in [0.4, 0.5) is 15.8 Å². The van der Waals surface area contributed by atoms with E-state index in [1.165, 1.54) is 24.8 Å². The fourth-order valence-corrected chi connectivity index (χ4v) is 2.81. The van der Waals surface area contributed by atoms with Crippen LogP contribution in [-0.2, 0) is 9.59 Å². The fourth-order valence-electron chi connectivity index (χ4n) is 1.92. The van der Waals surface area contributed by atoms with Crippen LogP contribution >= 0.6 is 11.8 Å². The third-order valence-corrected chi connectivity index (χ3v) is 3.94. The van der Waals surface area contributed by atoms with Crippen LogP contribution in [-0.4, -0.2) is 17.6 Å². The molecule has 0 saturated heterocycles. The van der Waals surface area contributed by atoms with Crippen LogP contribution in [0.1, 0.15) is 13.3 Å². The number of benzene rings is 2. The Balaban J connectivity index is 1.83. The monoisotopic (exact) mass is 332 g/mol. The second kappa shape index (κ2) is 8.33. The minimum Gasteiger partial charge on any atom is -0.326 e. The van der Waals surface area contributed by atoms with Gasteiger partial charge in [-0.05, 0) is 30.3 Å². The molecule has 0 heterocycles. The van der Waals surface area contributed by atoms with Crippen LogP contribution in [0.5, 0.6) is 0 Å². The Bertz CT molecular complexity index is 706. The highest BCUT2D eigenvalue weighted by molar-refractivity contribution is 7.99. The number of nitrogens with one attached hydrogen (secondary N) is 2. The van der Waals surface area contributed by atoms with Crippen molar-refractivity contribution in [2.24, 2.45) is 0 Å². The normalized spacial score (nSPS) is 10.2. The molecule has 2 aromatic carbocycles. The average Bonchev–Trinajstić information content (AvgIpc) is 2.49. The van der Waals surface area contributed by atoms with E-state index in [9.17, 15) is 14.0 Å². The molecular weight excluding hydrogens is 315 g/mol. The van der Waals surface area contributed by atoms with E-state index in [0.29, 0.717) is 22.0 Å². The summed E-state index contributed by atoms with van der Waals surface area (Å²) in [6.07, 6.45) is 0.267. The van der Waals surface area contributed by atoms with Gasteiger partial charge in [-0.3, -0.25) is 9.59 Å². The number of carbonyl (C=O) groups excluding carboxylic acids is 2. The number of halogens is 1. The van der Waals surface area contributed by atoms with E-state index >= 15 is 0 Å². The topological polar surface area (TPSA) is 58.2 Å². The summed E-state index contributed by atoms with van der Waals surface area (Å²) >= 11 is 1.30. The average molecular weight is 332 g/mol. The highest BCUT2D eigenvalue weighted by Gasteiger charge is 2.06. The van der Waals surface area contributed by atoms with Crippen molar-refractivity contribution in [2.75, 3.05) is 16.4 Å². The van der Waals surface area contributed by atoms with Crippen molar-refractivity contribution in [1.82, 2.24) is 0 Å². The van der Waals surface area contributed by atoms with Gasteiger partial charge in [0, 0.05) is 35.4 Å². The molecular formula is C17H17FN2O2S. The lowest BCUT2D eigenvalue weighted by Gasteiger charge is -2.08. The smallest absolute Gasteiger partial charge is 0.225 e. The summed E-state index contributed by atoms with van der Waals surface area (Å²) in [5.41, 5.74) is 1.23. The first-order chi connectivity index (χ1) is 11.0. The lowest BCUT2D eigenvalue weighted by molar-refractivity contribution is -0.116. The molecule has 0 aliphatic heterocycles. The molecule has 23 heavy (non-hydrogen) atoms. The van der Waals surface area contributed by atoms with Gasteiger partial charge in [0.05, 0.1) is 0 Å². The maximum atomic E-state index is 13.5. The van der Waals surface area contributed by atoms with E-state index in [2.05, 4.69) is 10.6 Å². The quantitative estimate of drug-likeness (QED) is 0.789. The van der Waals surface area contributed by atoms with E-state index in [0.717, 1.165) is 0 Å². The van der Waals surface area contributed by atoms with Crippen molar-refractivity contribution in [1.29, 1.82) is 0 Å². The van der Waals surface area contributed by atoms with Crippen LogP contribution in [0, 0.1) is 5.82 Å². The Morgan fingerprint density at radius 1 is 1.04 bits per heavy atom. The van der Waals surface area contributed by atoms with E-state index in [1.54, 1.807) is 42.5 Å². The first-order valence-corrected chi connectivity index (χ1v) is 8.08. The lowest BCUT2D eigenvalue weighted by Crippen LogP contribution is -2.13. The molecule has 0 fully saturated rings. The standard InChI is InChI=1S/C17H17FN2O2S/c1-12(21)19-13-5-4-6-14(11-13)20-17(22)9-10-23-16-8-3-2-7-15(16)18/h2-8,11H,9-10H2,1H3,(H,19,21)(H,20,22). The number of rotatable bonds is 6. The molecule has 2 aromatic rings. The van der Waals surface area contributed by atoms with Gasteiger partial charge in [0.25, 0.3) is 0 Å². The van der Waals surface area contributed by atoms with Gasteiger partial charge in [-0.25, -0.2) is 4.39 Å². The fraction of sp³-hybridized carbons (Fsp3) is 0.176. The van der Waals surface area contributed by atoms with Crippen molar-refractivity contribution in [3.63, 3.8) is 0 Å². The molecule has 2 N–H and O–H groups in total. The molecule has 0 aliphatic rings. The van der Waals surface area contributed by atoms with E-state index in [-0.39, 0.29) is 24.1 Å². The van der Waals surface area contributed by atoms with E-state index in [1.807, 2.05) is 0 Å².